The van der Waals surface area contributed by atoms with Crippen LogP contribution in [0.15, 0.2) is 24.3 Å². The number of anilines is 1. The summed E-state index contributed by atoms with van der Waals surface area (Å²) < 4.78 is 5.04. The van der Waals surface area contributed by atoms with Crippen molar-refractivity contribution in [3.05, 3.63) is 29.8 Å². The van der Waals surface area contributed by atoms with Crippen molar-refractivity contribution in [2.45, 2.75) is 38.1 Å². The van der Waals surface area contributed by atoms with E-state index in [1.165, 1.54) is 0 Å². The van der Waals surface area contributed by atoms with Crippen molar-refractivity contribution >= 4 is 17.6 Å². The number of amides is 1. The van der Waals surface area contributed by atoms with Crippen LogP contribution in [0.3, 0.4) is 0 Å². The van der Waals surface area contributed by atoms with Crippen LogP contribution < -0.4 is 11.1 Å². The second-order valence-corrected chi connectivity index (χ2v) is 5.06. The van der Waals surface area contributed by atoms with Gasteiger partial charge in [-0.1, -0.05) is 12.1 Å². The van der Waals surface area contributed by atoms with Gasteiger partial charge in [0.2, 0.25) is 5.91 Å². The zero-order chi connectivity index (χ0) is 14.4. The molecule has 0 atom stereocenters. The lowest BCUT2D eigenvalue weighted by molar-refractivity contribution is -0.144. The topological polar surface area (TPSA) is 81.4 Å². The van der Waals surface area contributed by atoms with Gasteiger partial charge in [-0.05, 0) is 37.0 Å². The molecule has 1 aromatic rings. The average Bonchev–Trinajstić information content (AvgIpc) is 3.20. The predicted octanol–water partition coefficient (Wildman–Crippen LogP) is 1.41. The van der Waals surface area contributed by atoms with Gasteiger partial charge in [-0.15, -0.1) is 0 Å². The number of aryl methyl sites for hydroxylation is 1. The van der Waals surface area contributed by atoms with Crippen molar-refractivity contribution in [3.8, 4) is 0 Å². The molecule has 0 heterocycles. The molecular weight excluding hydrogens is 256 g/mol. The minimum atomic E-state index is -0.286. The molecule has 0 unspecified atom stereocenters. The van der Waals surface area contributed by atoms with E-state index in [1.807, 2.05) is 18.2 Å². The number of ether oxygens (including phenoxy) is 1. The molecule has 5 nitrogen and oxygen atoms in total. The number of hydrogen-bond donors (Lipinski definition) is 2. The third kappa shape index (κ3) is 5.30. The van der Waals surface area contributed by atoms with E-state index >= 15 is 0 Å². The van der Waals surface area contributed by atoms with Gasteiger partial charge in [0.1, 0.15) is 6.61 Å². The Bertz CT molecular complexity index is 484. The normalized spacial score (nSPS) is 13.8. The van der Waals surface area contributed by atoms with Crippen LogP contribution in [0, 0.1) is 0 Å². The summed E-state index contributed by atoms with van der Waals surface area (Å²) in [7, 11) is 0. The highest BCUT2D eigenvalue weighted by molar-refractivity contribution is 5.77. The van der Waals surface area contributed by atoms with Crippen molar-refractivity contribution in [1.29, 1.82) is 0 Å². The fourth-order valence-electron chi connectivity index (χ4n) is 1.85. The first-order valence-electron chi connectivity index (χ1n) is 6.93. The Labute approximate surface area is 118 Å². The van der Waals surface area contributed by atoms with E-state index in [1.54, 1.807) is 6.07 Å². The third-order valence-corrected chi connectivity index (χ3v) is 3.10. The van der Waals surface area contributed by atoms with Gasteiger partial charge >= 0.3 is 5.97 Å². The van der Waals surface area contributed by atoms with Crippen LogP contribution in [0.1, 0.15) is 31.2 Å². The lowest BCUT2D eigenvalue weighted by Gasteiger charge is -2.06. The Kier molecular flexibility index (Phi) is 4.98. The van der Waals surface area contributed by atoms with E-state index in [2.05, 4.69) is 5.32 Å². The molecule has 0 aliphatic heterocycles. The maximum Gasteiger partial charge on any atom is 0.306 e. The molecule has 1 aromatic carbocycles. The summed E-state index contributed by atoms with van der Waals surface area (Å²) in [5, 5.41) is 2.85. The maximum absolute atomic E-state index is 11.5. The Morgan fingerprint density at radius 2 is 2.10 bits per heavy atom. The molecular formula is C15H20N2O3. The fraction of sp³-hybridized carbons (Fsp3) is 0.467. The molecule has 0 spiro atoms. The SMILES string of the molecule is Nc1cccc(CCC(=O)OCCC(=O)NC2CC2)c1. The van der Waals surface area contributed by atoms with Gasteiger partial charge < -0.3 is 15.8 Å². The highest BCUT2D eigenvalue weighted by Gasteiger charge is 2.22. The number of nitrogen functional groups attached to an aromatic ring is 1. The second-order valence-electron chi connectivity index (χ2n) is 5.06. The Morgan fingerprint density at radius 3 is 2.80 bits per heavy atom. The largest absolute Gasteiger partial charge is 0.465 e. The summed E-state index contributed by atoms with van der Waals surface area (Å²) in [5.41, 5.74) is 7.36. The summed E-state index contributed by atoms with van der Waals surface area (Å²) in [6.45, 7) is 0.147. The van der Waals surface area contributed by atoms with E-state index in [0.29, 0.717) is 24.6 Å². The van der Waals surface area contributed by atoms with Crippen LogP contribution in [-0.4, -0.2) is 24.5 Å². The second kappa shape index (κ2) is 6.93. The van der Waals surface area contributed by atoms with Crippen molar-refractivity contribution in [2.75, 3.05) is 12.3 Å². The minimum absolute atomic E-state index is 0.0452. The van der Waals surface area contributed by atoms with E-state index < -0.39 is 0 Å². The summed E-state index contributed by atoms with van der Waals surface area (Å²) in [5.74, 6) is -0.331. The van der Waals surface area contributed by atoms with Crippen LogP contribution >= 0.6 is 0 Å². The molecule has 1 aliphatic carbocycles. The van der Waals surface area contributed by atoms with E-state index in [9.17, 15) is 9.59 Å². The first-order chi connectivity index (χ1) is 9.63. The molecule has 1 saturated carbocycles. The van der Waals surface area contributed by atoms with Gasteiger partial charge in [0, 0.05) is 18.2 Å². The number of nitrogens with one attached hydrogen (secondary N) is 1. The number of rotatable bonds is 7. The summed E-state index contributed by atoms with van der Waals surface area (Å²) in [4.78, 5) is 22.9. The lowest BCUT2D eigenvalue weighted by atomic mass is 10.1. The van der Waals surface area contributed by atoms with Gasteiger partial charge in [0.15, 0.2) is 0 Å². The molecule has 1 aliphatic rings. The van der Waals surface area contributed by atoms with E-state index in [-0.39, 0.29) is 24.9 Å². The average molecular weight is 276 g/mol. The van der Waals surface area contributed by atoms with Crippen LogP contribution in [0.25, 0.3) is 0 Å². The molecule has 0 bridgehead atoms. The Balaban J connectivity index is 1.59. The molecule has 20 heavy (non-hydrogen) atoms. The smallest absolute Gasteiger partial charge is 0.306 e. The monoisotopic (exact) mass is 276 g/mol. The van der Waals surface area contributed by atoms with Gasteiger partial charge in [-0.25, -0.2) is 0 Å². The number of nitrogens with two attached hydrogens (primary N) is 1. The number of carbonyl (C=O) groups excluding carboxylic acids is 2. The lowest BCUT2D eigenvalue weighted by Crippen LogP contribution is -2.26. The highest BCUT2D eigenvalue weighted by atomic mass is 16.5. The predicted molar refractivity (Wildman–Crippen MR) is 75.9 cm³/mol. The summed E-state index contributed by atoms with van der Waals surface area (Å²) in [6.07, 6.45) is 3.25. The van der Waals surface area contributed by atoms with E-state index in [0.717, 1.165) is 18.4 Å². The first kappa shape index (κ1) is 14.4. The number of carbonyl (C=O) groups is 2. The molecule has 108 valence electrons. The highest BCUT2D eigenvalue weighted by Crippen LogP contribution is 2.18. The molecule has 0 saturated heterocycles. The zero-order valence-corrected chi connectivity index (χ0v) is 11.4. The van der Waals surface area contributed by atoms with Crippen LogP contribution in [0.5, 0.6) is 0 Å². The quantitative estimate of drug-likeness (QED) is 0.583. The van der Waals surface area contributed by atoms with Crippen molar-refractivity contribution in [3.63, 3.8) is 0 Å². The van der Waals surface area contributed by atoms with Crippen molar-refractivity contribution < 1.29 is 14.3 Å². The standard InChI is InChI=1S/C15H20N2O3/c16-12-3-1-2-11(10-12)4-7-15(19)20-9-8-14(18)17-13-5-6-13/h1-3,10,13H,4-9,16H2,(H,17,18). The summed E-state index contributed by atoms with van der Waals surface area (Å²) in [6, 6.07) is 7.78. The number of hydrogen-bond acceptors (Lipinski definition) is 4. The van der Waals surface area contributed by atoms with Crippen LogP contribution in [0.2, 0.25) is 0 Å². The molecule has 0 radical (unpaired) electrons. The number of esters is 1. The zero-order valence-electron chi connectivity index (χ0n) is 11.4. The minimum Gasteiger partial charge on any atom is -0.465 e. The Hall–Kier alpha value is -2.04. The van der Waals surface area contributed by atoms with Gasteiger partial charge in [0.05, 0.1) is 6.42 Å². The molecule has 3 N–H and O–H groups in total. The fourth-order valence-corrected chi connectivity index (χ4v) is 1.85. The van der Waals surface area contributed by atoms with Crippen LogP contribution in [0.4, 0.5) is 5.69 Å². The van der Waals surface area contributed by atoms with Crippen molar-refractivity contribution in [2.24, 2.45) is 0 Å². The molecule has 2 rings (SSSR count). The van der Waals surface area contributed by atoms with Gasteiger partial charge in [-0.3, -0.25) is 9.59 Å². The first-order valence-corrected chi connectivity index (χ1v) is 6.93. The molecule has 1 amide bonds. The van der Waals surface area contributed by atoms with E-state index in [4.69, 9.17) is 10.5 Å². The molecule has 1 fully saturated rings. The molecule has 5 heteroatoms. The van der Waals surface area contributed by atoms with Crippen LogP contribution in [-0.2, 0) is 20.7 Å². The Morgan fingerprint density at radius 1 is 1.30 bits per heavy atom. The van der Waals surface area contributed by atoms with Crippen molar-refractivity contribution in [1.82, 2.24) is 5.32 Å². The maximum atomic E-state index is 11.5. The third-order valence-electron chi connectivity index (χ3n) is 3.10. The number of benzene rings is 1. The van der Waals surface area contributed by atoms with Gasteiger partial charge in [-0.2, -0.15) is 0 Å². The van der Waals surface area contributed by atoms with Gasteiger partial charge in [0.25, 0.3) is 0 Å². The molecule has 0 aromatic heterocycles. The summed E-state index contributed by atoms with van der Waals surface area (Å²) >= 11 is 0.